The van der Waals surface area contributed by atoms with Crippen molar-refractivity contribution in [2.75, 3.05) is 13.6 Å². The van der Waals surface area contributed by atoms with Crippen LogP contribution < -0.4 is 5.32 Å². The van der Waals surface area contributed by atoms with Crippen LogP contribution in [0.2, 0.25) is 0 Å². The highest BCUT2D eigenvalue weighted by atomic mass is 16.5. The molecular weight excluding hydrogens is 184 g/mol. The van der Waals surface area contributed by atoms with Gasteiger partial charge in [-0.3, -0.25) is 0 Å². The molecule has 6 heteroatoms. The van der Waals surface area contributed by atoms with Crippen LogP contribution in [0.15, 0.2) is 21.4 Å². The Bertz CT molecular complexity index is 382. The molecule has 1 N–H and O–H groups in total. The molecule has 74 valence electrons. The van der Waals surface area contributed by atoms with Crippen LogP contribution in [0.5, 0.6) is 0 Å². The molecule has 6 nitrogen and oxygen atoms in total. The summed E-state index contributed by atoms with van der Waals surface area (Å²) in [6.45, 7) is 0.817. The predicted octanol–water partition coefficient (Wildman–Crippen LogP) is 0.486. The van der Waals surface area contributed by atoms with Gasteiger partial charge in [-0.2, -0.15) is 4.98 Å². The first-order chi connectivity index (χ1) is 6.90. The van der Waals surface area contributed by atoms with E-state index in [9.17, 15) is 0 Å². The number of likely N-dealkylation sites (N-methyl/N-ethyl adjacent to an activating group) is 1. The van der Waals surface area contributed by atoms with Crippen LogP contribution in [0.25, 0.3) is 11.6 Å². The molecule has 0 unspecified atom stereocenters. The highest BCUT2D eigenvalue weighted by Gasteiger charge is 2.10. The molecule has 2 rings (SSSR count). The SMILES string of the molecule is CNCCc1noc(-c2ccon2)n1. The molecule has 2 aromatic rings. The lowest BCUT2D eigenvalue weighted by Crippen LogP contribution is -2.10. The summed E-state index contributed by atoms with van der Waals surface area (Å²) in [6.07, 6.45) is 2.20. The highest BCUT2D eigenvalue weighted by Crippen LogP contribution is 2.13. The van der Waals surface area contributed by atoms with Gasteiger partial charge >= 0.3 is 0 Å². The Hall–Kier alpha value is -1.69. The summed E-state index contributed by atoms with van der Waals surface area (Å²) in [6, 6.07) is 1.68. The minimum Gasteiger partial charge on any atom is -0.364 e. The van der Waals surface area contributed by atoms with Crippen molar-refractivity contribution in [1.82, 2.24) is 20.6 Å². The maximum absolute atomic E-state index is 4.99. The Labute approximate surface area is 80.3 Å². The number of nitrogens with zero attached hydrogens (tertiary/aromatic N) is 3. The molecule has 0 aliphatic heterocycles. The zero-order valence-corrected chi connectivity index (χ0v) is 7.73. The highest BCUT2D eigenvalue weighted by molar-refractivity contribution is 5.43. The third kappa shape index (κ3) is 1.80. The van der Waals surface area contributed by atoms with E-state index in [4.69, 9.17) is 4.52 Å². The monoisotopic (exact) mass is 194 g/mol. The Balaban J connectivity index is 2.10. The van der Waals surface area contributed by atoms with E-state index in [1.165, 1.54) is 6.26 Å². The van der Waals surface area contributed by atoms with Crippen LogP contribution in [-0.4, -0.2) is 28.9 Å². The molecule has 0 amide bonds. The van der Waals surface area contributed by atoms with Gasteiger partial charge in [0.2, 0.25) is 0 Å². The minimum atomic E-state index is 0.393. The van der Waals surface area contributed by atoms with Gasteiger partial charge in [-0.05, 0) is 7.05 Å². The lowest BCUT2D eigenvalue weighted by molar-refractivity contribution is 0.401. The summed E-state index contributed by atoms with van der Waals surface area (Å²) in [7, 11) is 1.87. The van der Waals surface area contributed by atoms with Gasteiger partial charge in [0.25, 0.3) is 5.89 Å². The summed E-state index contributed by atoms with van der Waals surface area (Å²) in [5.41, 5.74) is 0.563. The molecule has 0 saturated carbocycles. The smallest absolute Gasteiger partial charge is 0.280 e. The first-order valence-corrected chi connectivity index (χ1v) is 4.28. The second-order valence-corrected chi connectivity index (χ2v) is 2.75. The van der Waals surface area contributed by atoms with E-state index >= 15 is 0 Å². The van der Waals surface area contributed by atoms with Gasteiger partial charge in [0.1, 0.15) is 6.26 Å². The van der Waals surface area contributed by atoms with Crippen LogP contribution in [0.1, 0.15) is 5.82 Å². The van der Waals surface area contributed by atoms with Gasteiger partial charge in [0.15, 0.2) is 11.5 Å². The van der Waals surface area contributed by atoms with Crippen molar-refractivity contribution in [2.24, 2.45) is 0 Å². The fraction of sp³-hybridized carbons (Fsp3) is 0.375. The Morgan fingerprint density at radius 3 is 3.07 bits per heavy atom. The van der Waals surface area contributed by atoms with Crippen LogP contribution >= 0.6 is 0 Å². The van der Waals surface area contributed by atoms with Crippen molar-refractivity contribution >= 4 is 0 Å². The normalized spacial score (nSPS) is 10.6. The van der Waals surface area contributed by atoms with Crippen molar-refractivity contribution in [3.05, 3.63) is 18.2 Å². The van der Waals surface area contributed by atoms with Gasteiger partial charge in [0, 0.05) is 19.0 Å². The van der Waals surface area contributed by atoms with Crippen LogP contribution in [0, 0.1) is 0 Å². The van der Waals surface area contributed by atoms with Crippen molar-refractivity contribution in [2.45, 2.75) is 6.42 Å². The van der Waals surface area contributed by atoms with Crippen molar-refractivity contribution in [3.63, 3.8) is 0 Å². The van der Waals surface area contributed by atoms with Crippen LogP contribution in [0.3, 0.4) is 0 Å². The van der Waals surface area contributed by atoms with Gasteiger partial charge in [-0.15, -0.1) is 0 Å². The van der Waals surface area contributed by atoms with Gasteiger partial charge < -0.3 is 14.4 Å². The lowest BCUT2D eigenvalue weighted by atomic mass is 10.4. The average molecular weight is 194 g/mol. The fourth-order valence-corrected chi connectivity index (χ4v) is 1.02. The maximum Gasteiger partial charge on any atom is 0.280 e. The Morgan fingerprint density at radius 1 is 1.43 bits per heavy atom. The fourth-order valence-electron chi connectivity index (χ4n) is 1.02. The summed E-state index contributed by atoms with van der Waals surface area (Å²) >= 11 is 0. The van der Waals surface area contributed by atoms with E-state index in [0.29, 0.717) is 17.4 Å². The second kappa shape index (κ2) is 4.01. The van der Waals surface area contributed by atoms with Crippen molar-refractivity contribution in [3.8, 4) is 11.6 Å². The van der Waals surface area contributed by atoms with Crippen LogP contribution in [-0.2, 0) is 6.42 Å². The zero-order chi connectivity index (χ0) is 9.80. The topological polar surface area (TPSA) is 77.0 Å². The Kier molecular flexibility index (Phi) is 2.55. The molecule has 0 fully saturated rings. The van der Waals surface area contributed by atoms with Gasteiger partial charge in [-0.25, -0.2) is 0 Å². The zero-order valence-electron chi connectivity index (χ0n) is 7.73. The van der Waals surface area contributed by atoms with Gasteiger partial charge in [0.05, 0.1) is 0 Å². The van der Waals surface area contributed by atoms with E-state index in [1.54, 1.807) is 6.07 Å². The first kappa shape index (κ1) is 8.89. The standard InChI is InChI=1S/C8H10N4O2/c1-9-4-2-7-10-8(14-12-7)6-3-5-13-11-6/h3,5,9H,2,4H2,1H3. The number of hydrogen-bond acceptors (Lipinski definition) is 6. The minimum absolute atomic E-state index is 0.393. The average Bonchev–Trinajstić information content (AvgIpc) is 2.85. The molecule has 0 aliphatic carbocycles. The molecule has 0 bridgehead atoms. The maximum atomic E-state index is 4.99. The molecule has 2 heterocycles. The second-order valence-electron chi connectivity index (χ2n) is 2.75. The van der Waals surface area contributed by atoms with E-state index in [-0.39, 0.29) is 0 Å². The summed E-state index contributed by atoms with van der Waals surface area (Å²) in [4.78, 5) is 4.15. The number of aromatic nitrogens is 3. The largest absolute Gasteiger partial charge is 0.364 e. The third-order valence-electron chi connectivity index (χ3n) is 1.72. The number of rotatable bonds is 4. The molecule has 0 radical (unpaired) electrons. The van der Waals surface area contributed by atoms with E-state index in [1.807, 2.05) is 7.05 Å². The molecule has 0 saturated heterocycles. The van der Waals surface area contributed by atoms with E-state index < -0.39 is 0 Å². The first-order valence-electron chi connectivity index (χ1n) is 4.28. The number of nitrogens with one attached hydrogen (secondary N) is 1. The molecule has 0 spiro atoms. The quantitative estimate of drug-likeness (QED) is 0.763. The summed E-state index contributed by atoms with van der Waals surface area (Å²) < 4.78 is 9.66. The molecule has 0 aromatic carbocycles. The summed E-state index contributed by atoms with van der Waals surface area (Å²) in [5.74, 6) is 1.06. The van der Waals surface area contributed by atoms with E-state index in [2.05, 4.69) is 25.1 Å². The van der Waals surface area contributed by atoms with Gasteiger partial charge in [-0.1, -0.05) is 10.3 Å². The van der Waals surface area contributed by atoms with Crippen molar-refractivity contribution in [1.29, 1.82) is 0 Å². The molecule has 2 aromatic heterocycles. The molecular formula is C8H10N4O2. The summed E-state index contributed by atoms with van der Waals surface area (Å²) in [5, 5.41) is 10.5. The van der Waals surface area contributed by atoms with Crippen molar-refractivity contribution < 1.29 is 9.05 Å². The number of hydrogen-bond donors (Lipinski definition) is 1. The molecule has 14 heavy (non-hydrogen) atoms. The third-order valence-corrected chi connectivity index (χ3v) is 1.72. The van der Waals surface area contributed by atoms with Crippen LogP contribution in [0.4, 0.5) is 0 Å². The molecule has 0 aliphatic rings. The van der Waals surface area contributed by atoms with E-state index in [0.717, 1.165) is 13.0 Å². The molecule has 0 atom stereocenters. The lowest BCUT2D eigenvalue weighted by Gasteiger charge is -1.90. The predicted molar refractivity (Wildman–Crippen MR) is 47.4 cm³/mol. The Morgan fingerprint density at radius 2 is 2.36 bits per heavy atom.